The first-order valence-corrected chi connectivity index (χ1v) is 9.14. The molecule has 2 aromatic rings. The van der Waals surface area contributed by atoms with Crippen LogP contribution in [0.5, 0.6) is 0 Å². The number of hydrogen-bond donors (Lipinski definition) is 1. The lowest BCUT2D eigenvalue weighted by Crippen LogP contribution is -2.25. The van der Waals surface area contributed by atoms with Gasteiger partial charge < -0.3 is 4.57 Å². The molecule has 1 aromatic heterocycles. The van der Waals surface area contributed by atoms with Crippen molar-refractivity contribution in [1.82, 2.24) is 14.3 Å². The van der Waals surface area contributed by atoms with Crippen LogP contribution in [0.3, 0.4) is 0 Å². The van der Waals surface area contributed by atoms with Gasteiger partial charge in [0.15, 0.2) is 0 Å². The predicted octanol–water partition coefficient (Wildman–Crippen LogP) is 2.59. The molecule has 0 spiro atoms. The molecule has 0 amide bonds. The molecule has 0 unspecified atom stereocenters. The molecule has 6 heteroatoms. The van der Waals surface area contributed by atoms with Gasteiger partial charge in [-0.15, -0.1) is 0 Å². The molecule has 5 nitrogen and oxygen atoms in total. The molecule has 0 aliphatic heterocycles. The molecule has 0 bridgehead atoms. The van der Waals surface area contributed by atoms with Gasteiger partial charge in [-0.2, -0.15) is 0 Å². The van der Waals surface area contributed by atoms with Crippen LogP contribution in [0.2, 0.25) is 0 Å². The molecule has 0 atom stereocenters. The SMILES string of the molecule is CCCCc1ccc(S(=O)(=O)NCCCn2ccnc2)cc1. The lowest BCUT2D eigenvalue weighted by atomic mass is 10.1. The Morgan fingerprint density at radius 1 is 1.18 bits per heavy atom. The van der Waals surface area contributed by atoms with Crippen LogP contribution in [0.4, 0.5) is 0 Å². The van der Waals surface area contributed by atoms with Crippen LogP contribution in [0, 0.1) is 0 Å². The first-order chi connectivity index (χ1) is 10.6. The molecule has 0 saturated carbocycles. The number of sulfonamides is 1. The van der Waals surface area contributed by atoms with Gasteiger partial charge in [0.05, 0.1) is 11.2 Å². The minimum atomic E-state index is -3.41. The Kier molecular flexibility index (Phi) is 6.15. The summed E-state index contributed by atoms with van der Waals surface area (Å²) in [5.41, 5.74) is 1.18. The van der Waals surface area contributed by atoms with E-state index in [0.717, 1.165) is 32.2 Å². The molecule has 0 aliphatic rings. The highest BCUT2D eigenvalue weighted by Crippen LogP contribution is 2.12. The van der Waals surface area contributed by atoms with Crippen molar-refractivity contribution in [2.75, 3.05) is 6.54 Å². The molecule has 1 N–H and O–H groups in total. The van der Waals surface area contributed by atoms with E-state index in [1.807, 2.05) is 22.9 Å². The standard InChI is InChI=1S/C16H23N3O2S/c1-2-3-5-15-6-8-16(9-7-15)22(20,21)18-10-4-12-19-13-11-17-14-19/h6-9,11,13-14,18H,2-5,10,12H2,1H3. The fraction of sp³-hybridized carbons (Fsp3) is 0.438. The van der Waals surface area contributed by atoms with Crippen molar-refractivity contribution in [3.05, 3.63) is 48.5 Å². The highest BCUT2D eigenvalue weighted by atomic mass is 32.2. The van der Waals surface area contributed by atoms with E-state index in [0.29, 0.717) is 11.4 Å². The molecule has 0 saturated heterocycles. The van der Waals surface area contributed by atoms with Gasteiger partial charge >= 0.3 is 0 Å². The van der Waals surface area contributed by atoms with E-state index in [9.17, 15) is 8.42 Å². The summed E-state index contributed by atoms with van der Waals surface area (Å²) in [5, 5.41) is 0. The molecule has 120 valence electrons. The average molecular weight is 321 g/mol. The highest BCUT2D eigenvalue weighted by Gasteiger charge is 2.12. The van der Waals surface area contributed by atoms with Crippen LogP contribution in [0.15, 0.2) is 47.9 Å². The summed E-state index contributed by atoms with van der Waals surface area (Å²) in [6.07, 6.45) is 9.29. The van der Waals surface area contributed by atoms with E-state index in [4.69, 9.17) is 0 Å². The van der Waals surface area contributed by atoms with Crippen molar-refractivity contribution in [2.24, 2.45) is 0 Å². The Bertz CT molecular complexity index is 649. The average Bonchev–Trinajstić information content (AvgIpc) is 3.03. The van der Waals surface area contributed by atoms with Gasteiger partial charge in [0, 0.05) is 25.5 Å². The summed E-state index contributed by atoms with van der Waals surface area (Å²) < 4.78 is 28.9. The van der Waals surface area contributed by atoms with Crippen molar-refractivity contribution in [3.8, 4) is 0 Å². The third kappa shape index (κ3) is 4.96. The quantitative estimate of drug-likeness (QED) is 0.722. The van der Waals surface area contributed by atoms with E-state index in [1.54, 1.807) is 24.7 Å². The van der Waals surface area contributed by atoms with Crippen LogP contribution in [-0.2, 0) is 23.0 Å². The Morgan fingerprint density at radius 2 is 1.95 bits per heavy atom. The zero-order valence-corrected chi connectivity index (χ0v) is 13.7. The first-order valence-electron chi connectivity index (χ1n) is 7.66. The van der Waals surface area contributed by atoms with Crippen LogP contribution in [-0.4, -0.2) is 24.5 Å². The molecule has 0 fully saturated rings. The lowest BCUT2D eigenvalue weighted by molar-refractivity contribution is 0.570. The molecule has 1 aromatic carbocycles. The number of imidazole rings is 1. The molecule has 0 aliphatic carbocycles. The maximum Gasteiger partial charge on any atom is 0.240 e. The van der Waals surface area contributed by atoms with E-state index in [1.165, 1.54) is 5.56 Å². The Hall–Kier alpha value is -1.66. The number of nitrogens with one attached hydrogen (secondary N) is 1. The number of rotatable bonds is 9. The maximum atomic E-state index is 12.2. The van der Waals surface area contributed by atoms with Gasteiger partial charge in [0.25, 0.3) is 0 Å². The van der Waals surface area contributed by atoms with E-state index in [-0.39, 0.29) is 0 Å². The van der Waals surface area contributed by atoms with E-state index in [2.05, 4.69) is 16.6 Å². The van der Waals surface area contributed by atoms with Crippen molar-refractivity contribution < 1.29 is 8.42 Å². The fourth-order valence-electron chi connectivity index (χ4n) is 2.19. The van der Waals surface area contributed by atoms with Gasteiger partial charge in [-0.1, -0.05) is 25.5 Å². The Labute approximate surface area is 132 Å². The van der Waals surface area contributed by atoms with Gasteiger partial charge in [-0.3, -0.25) is 0 Å². The molecule has 22 heavy (non-hydrogen) atoms. The van der Waals surface area contributed by atoms with Gasteiger partial charge in [-0.05, 0) is 37.0 Å². The molecule has 1 heterocycles. The Balaban J connectivity index is 1.84. The topological polar surface area (TPSA) is 64.0 Å². The van der Waals surface area contributed by atoms with Crippen LogP contribution >= 0.6 is 0 Å². The normalized spacial score (nSPS) is 11.7. The monoisotopic (exact) mass is 321 g/mol. The number of nitrogens with zero attached hydrogens (tertiary/aromatic N) is 2. The molecular formula is C16H23N3O2S. The second-order valence-corrected chi connectivity index (χ2v) is 7.07. The van der Waals surface area contributed by atoms with Crippen LogP contribution < -0.4 is 4.72 Å². The minimum Gasteiger partial charge on any atom is -0.337 e. The number of hydrogen-bond acceptors (Lipinski definition) is 3. The summed E-state index contributed by atoms with van der Waals surface area (Å²) in [4.78, 5) is 4.28. The minimum absolute atomic E-state index is 0.329. The molecule has 0 radical (unpaired) electrons. The van der Waals surface area contributed by atoms with Crippen LogP contribution in [0.1, 0.15) is 31.7 Å². The number of unbranched alkanes of at least 4 members (excludes halogenated alkanes) is 1. The van der Waals surface area contributed by atoms with Crippen molar-refractivity contribution >= 4 is 10.0 Å². The summed E-state index contributed by atoms with van der Waals surface area (Å²) >= 11 is 0. The molecule has 2 rings (SSSR count). The van der Waals surface area contributed by atoms with Gasteiger partial charge in [-0.25, -0.2) is 18.1 Å². The largest absolute Gasteiger partial charge is 0.337 e. The summed E-state index contributed by atoms with van der Waals surface area (Å²) in [6, 6.07) is 7.16. The van der Waals surface area contributed by atoms with Crippen LogP contribution in [0.25, 0.3) is 0 Å². The number of aromatic nitrogens is 2. The zero-order valence-electron chi connectivity index (χ0n) is 12.9. The summed E-state index contributed by atoms with van der Waals surface area (Å²) in [7, 11) is -3.41. The maximum absolute atomic E-state index is 12.2. The second kappa shape index (κ2) is 8.10. The molecular weight excluding hydrogens is 298 g/mol. The predicted molar refractivity (Wildman–Crippen MR) is 87.1 cm³/mol. The number of aryl methyl sites for hydroxylation is 2. The summed E-state index contributed by atoms with van der Waals surface area (Å²) in [6.45, 7) is 3.31. The van der Waals surface area contributed by atoms with Gasteiger partial charge in [0.2, 0.25) is 10.0 Å². The lowest BCUT2D eigenvalue weighted by Gasteiger charge is -2.08. The third-order valence-electron chi connectivity index (χ3n) is 3.50. The number of benzene rings is 1. The van der Waals surface area contributed by atoms with E-state index >= 15 is 0 Å². The first kappa shape index (κ1) is 16.7. The smallest absolute Gasteiger partial charge is 0.240 e. The van der Waals surface area contributed by atoms with Crippen molar-refractivity contribution in [2.45, 2.75) is 44.0 Å². The second-order valence-electron chi connectivity index (χ2n) is 5.30. The zero-order chi connectivity index (χ0) is 15.8. The fourth-order valence-corrected chi connectivity index (χ4v) is 3.26. The highest BCUT2D eigenvalue weighted by molar-refractivity contribution is 7.89. The van der Waals surface area contributed by atoms with Crippen molar-refractivity contribution in [1.29, 1.82) is 0 Å². The van der Waals surface area contributed by atoms with E-state index < -0.39 is 10.0 Å². The Morgan fingerprint density at radius 3 is 2.59 bits per heavy atom. The van der Waals surface area contributed by atoms with Crippen molar-refractivity contribution in [3.63, 3.8) is 0 Å². The van der Waals surface area contributed by atoms with Gasteiger partial charge in [0.1, 0.15) is 0 Å². The third-order valence-corrected chi connectivity index (χ3v) is 4.97. The summed E-state index contributed by atoms with van der Waals surface area (Å²) in [5.74, 6) is 0.